The van der Waals surface area contributed by atoms with Crippen LogP contribution in [0.3, 0.4) is 0 Å². The van der Waals surface area contributed by atoms with Crippen LogP contribution < -0.4 is 0 Å². The number of rotatable bonds is 2. The summed E-state index contributed by atoms with van der Waals surface area (Å²) < 4.78 is 0.871. The van der Waals surface area contributed by atoms with Crippen molar-refractivity contribution in [1.29, 1.82) is 0 Å². The van der Waals surface area contributed by atoms with Crippen LogP contribution in [0.25, 0.3) is 20.8 Å². The Morgan fingerprint density at radius 2 is 1.95 bits per heavy atom. The van der Waals surface area contributed by atoms with Crippen molar-refractivity contribution < 1.29 is 15.0 Å². The van der Waals surface area contributed by atoms with E-state index in [2.05, 4.69) is 4.98 Å². The number of aromatic nitrogens is 1. The number of aromatic carboxylic acids is 1. The van der Waals surface area contributed by atoms with Gasteiger partial charge in [-0.15, -0.1) is 11.3 Å². The predicted octanol–water partition coefficient (Wildman–Crippen LogP) is 3.37. The molecule has 0 saturated carbocycles. The molecule has 0 aliphatic rings. The van der Waals surface area contributed by atoms with Crippen LogP contribution in [0, 0.1) is 0 Å². The molecule has 0 unspecified atom stereocenters. The van der Waals surface area contributed by atoms with Gasteiger partial charge in [-0.25, -0.2) is 9.78 Å². The van der Waals surface area contributed by atoms with E-state index >= 15 is 0 Å². The van der Waals surface area contributed by atoms with Gasteiger partial charge in [-0.2, -0.15) is 0 Å². The van der Waals surface area contributed by atoms with E-state index in [9.17, 15) is 9.90 Å². The Kier molecular flexibility index (Phi) is 2.68. The van der Waals surface area contributed by atoms with Gasteiger partial charge >= 0.3 is 5.97 Å². The summed E-state index contributed by atoms with van der Waals surface area (Å²) in [5.41, 5.74) is 1.50. The Bertz CT molecular complexity index is 779. The third-order valence-corrected chi connectivity index (χ3v) is 3.82. The highest BCUT2D eigenvalue weighted by Crippen LogP contribution is 2.34. The molecule has 5 heteroatoms. The molecule has 0 spiro atoms. The maximum Gasteiger partial charge on any atom is 0.335 e. The van der Waals surface area contributed by atoms with Crippen LogP contribution in [0.1, 0.15) is 10.4 Å². The molecule has 3 aromatic rings. The minimum absolute atomic E-state index is 0.134. The highest BCUT2D eigenvalue weighted by atomic mass is 32.1. The molecule has 0 fully saturated rings. The summed E-state index contributed by atoms with van der Waals surface area (Å²) in [6.45, 7) is 0. The number of thiazole rings is 1. The van der Waals surface area contributed by atoms with Gasteiger partial charge in [-0.1, -0.05) is 18.2 Å². The van der Waals surface area contributed by atoms with Crippen molar-refractivity contribution in [3.8, 4) is 16.3 Å². The van der Waals surface area contributed by atoms with E-state index in [0.717, 1.165) is 10.3 Å². The lowest BCUT2D eigenvalue weighted by atomic mass is 10.1. The first kappa shape index (κ1) is 11.7. The monoisotopic (exact) mass is 271 g/mol. The number of carboxylic acid groups (broad SMARTS) is 1. The SMILES string of the molecule is O=C(O)c1cccc(-c2nc3c(O)cccc3s2)c1. The second-order valence-electron chi connectivity index (χ2n) is 4.03. The number of benzene rings is 2. The smallest absolute Gasteiger partial charge is 0.335 e. The molecule has 0 radical (unpaired) electrons. The summed E-state index contributed by atoms with van der Waals surface area (Å²) in [5.74, 6) is -0.833. The lowest BCUT2D eigenvalue weighted by Crippen LogP contribution is -1.95. The number of aromatic hydroxyl groups is 1. The molecule has 0 atom stereocenters. The van der Waals surface area contributed by atoms with Gasteiger partial charge in [0.25, 0.3) is 0 Å². The van der Waals surface area contributed by atoms with E-state index in [0.29, 0.717) is 10.5 Å². The molecule has 94 valence electrons. The Balaban J connectivity index is 2.16. The minimum Gasteiger partial charge on any atom is -0.506 e. The fourth-order valence-electron chi connectivity index (χ4n) is 1.84. The Hall–Kier alpha value is -2.40. The van der Waals surface area contributed by atoms with Gasteiger partial charge < -0.3 is 10.2 Å². The number of hydrogen-bond donors (Lipinski definition) is 2. The van der Waals surface area contributed by atoms with Crippen LogP contribution >= 0.6 is 11.3 Å². The Labute approximate surface area is 112 Å². The highest BCUT2D eigenvalue weighted by Gasteiger charge is 2.11. The van der Waals surface area contributed by atoms with Crippen molar-refractivity contribution in [3.05, 3.63) is 48.0 Å². The van der Waals surface area contributed by atoms with Gasteiger partial charge in [0, 0.05) is 5.56 Å². The van der Waals surface area contributed by atoms with Gasteiger partial charge in [0.05, 0.1) is 10.3 Å². The maximum absolute atomic E-state index is 11.0. The molecule has 3 rings (SSSR count). The molecule has 1 heterocycles. The van der Waals surface area contributed by atoms with Crippen molar-refractivity contribution in [1.82, 2.24) is 4.98 Å². The summed E-state index contributed by atoms with van der Waals surface area (Å²) >= 11 is 1.42. The highest BCUT2D eigenvalue weighted by molar-refractivity contribution is 7.21. The van der Waals surface area contributed by atoms with Crippen LogP contribution in [-0.4, -0.2) is 21.2 Å². The molecular formula is C14H9NO3S. The normalized spacial score (nSPS) is 10.7. The average Bonchev–Trinajstić information content (AvgIpc) is 2.84. The number of phenolic OH excluding ortho intramolecular Hbond substituents is 1. The fraction of sp³-hybridized carbons (Fsp3) is 0. The number of phenols is 1. The van der Waals surface area contributed by atoms with Crippen LogP contribution in [0.2, 0.25) is 0 Å². The van der Waals surface area contributed by atoms with Crippen LogP contribution in [-0.2, 0) is 0 Å². The number of carboxylic acids is 1. The molecule has 2 N–H and O–H groups in total. The second kappa shape index (κ2) is 4.37. The van der Waals surface area contributed by atoms with Crippen molar-refractivity contribution in [2.24, 2.45) is 0 Å². The zero-order valence-corrected chi connectivity index (χ0v) is 10.5. The predicted molar refractivity (Wildman–Crippen MR) is 73.7 cm³/mol. The summed E-state index contributed by atoms with van der Waals surface area (Å²) in [6.07, 6.45) is 0. The number of nitrogens with zero attached hydrogens (tertiary/aromatic N) is 1. The molecule has 0 saturated heterocycles. The molecule has 0 amide bonds. The Morgan fingerprint density at radius 3 is 2.68 bits per heavy atom. The summed E-state index contributed by atoms with van der Waals surface area (Å²) in [7, 11) is 0. The largest absolute Gasteiger partial charge is 0.506 e. The standard InChI is InChI=1S/C14H9NO3S/c16-10-5-2-6-11-12(10)15-13(19-11)8-3-1-4-9(7-8)14(17)18/h1-7,16H,(H,17,18). The molecule has 0 aliphatic heterocycles. The quantitative estimate of drug-likeness (QED) is 0.749. The van der Waals surface area contributed by atoms with Gasteiger partial charge in [0.1, 0.15) is 16.3 Å². The van der Waals surface area contributed by atoms with Crippen molar-refractivity contribution in [3.63, 3.8) is 0 Å². The molecule has 19 heavy (non-hydrogen) atoms. The maximum atomic E-state index is 11.0. The molecule has 0 bridgehead atoms. The summed E-state index contributed by atoms with van der Waals surface area (Å²) in [6, 6.07) is 11.8. The molecule has 4 nitrogen and oxygen atoms in total. The van der Waals surface area contributed by atoms with Gasteiger partial charge in [-0.3, -0.25) is 0 Å². The summed E-state index contributed by atoms with van der Waals surface area (Å²) in [4.78, 5) is 15.3. The molecular weight excluding hydrogens is 262 g/mol. The number of carbonyl (C=O) groups is 1. The number of para-hydroxylation sites is 1. The van der Waals surface area contributed by atoms with Crippen LogP contribution in [0.4, 0.5) is 0 Å². The molecule has 1 aromatic heterocycles. The van der Waals surface area contributed by atoms with Gasteiger partial charge in [0.15, 0.2) is 0 Å². The van der Waals surface area contributed by atoms with E-state index in [1.807, 2.05) is 6.07 Å². The lowest BCUT2D eigenvalue weighted by molar-refractivity contribution is 0.0697. The van der Waals surface area contributed by atoms with Crippen molar-refractivity contribution in [2.75, 3.05) is 0 Å². The average molecular weight is 271 g/mol. The molecule has 2 aromatic carbocycles. The van der Waals surface area contributed by atoms with Gasteiger partial charge in [0.2, 0.25) is 0 Å². The fourth-order valence-corrected chi connectivity index (χ4v) is 2.83. The van der Waals surface area contributed by atoms with E-state index < -0.39 is 5.97 Å². The number of hydrogen-bond acceptors (Lipinski definition) is 4. The van der Waals surface area contributed by atoms with E-state index in [-0.39, 0.29) is 11.3 Å². The van der Waals surface area contributed by atoms with Crippen LogP contribution in [0.5, 0.6) is 5.75 Å². The third kappa shape index (κ3) is 2.04. The minimum atomic E-state index is -0.967. The van der Waals surface area contributed by atoms with Crippen molar-refractivity contribution >= 4 is 27.5 Å². The van der Waals surface area contributed by atoms with E-state index in [1.165, 1.54) is 17.4 Å². The van der Waals surface area contributed by atoms with E-state index in [1.54, 1.807) is 30.3 Å². The third-order valence-electron chi connectivity index (χ3n) is 2.75. The Morgan fingerprint density at radius 1 is 1.16 bits per heavy atom. The lowest BCUT2D eigenvalue weighted by Gasteiger charge is -1.98. The first-order valence-electron chi connectivity index (χ1n) is 5.57. The summed E-state index contributed by atoms with van der Waals surface area (Å²) in [5, 5.41) is 19.4. The van der Waals surface area contributed by atoms with Crippen molar-refractivity contribution in [2.45, 2.75) is 0 Å². The van der Waals surface area contributed by atoms with Gasteiger partial charge in [-0.05, 0) is 24.3 Å². The first-order chi connectivity index (χ1) is 9.15. The zero-order valence-electron chi connectivity index (χ0n) is 9.70. The van der Waals surface area contributed by atoms with Crippen LogP contribution in [0.15, 0.2) is 42.5 Å². The second-order valence-corrected chi connectivity index (χ2v) is 5.06. The molecule has 0 aliphatic carbocycles. The zero-order chi connectivity index (χ0) is 13.4. The number of fused-ring (bicyclic) bond motifs is 1. The first-order valence-corrected chi connectivity index (χ1v) is 6.39. The topological polar surface area (TPSA) is 70.4 Å². The van der Waals surface area contributed by atoms with E-state index in [4.69, 9.17) is 5.11 Å².